The van der Waals surface area contributed by atoms with Crippen LogP contribution in [0, 0.1) is 5.82 Å². The van der Waals surface area contributed by atoms with E-state index in [4.69, 9.17) is 17.3 Å². The van der Waals surface area contributed by atoms with Crippen molar-refractivity contribution in [1.29, 1.82) is 0 Å². The van der Waals surface area contributed by atoms with Gasteiger partial charge in [-0.3, -0.25) is 0 Å². The molecule has 0 saturated heterocycles. The van der Waals surface area contributed by atoms with Crippen molar-refractivity contribution >= 4 is 27.3 Å². The Labute approximate surface area is 115 Å². The van der Waals surface area contributed by atoms with Crippen LogP contribution >= 0.6 is 11.6 Å². The SMILES string of the molecule is Nc1cc(Cl)cc(S(=O)(=O)NCC2(O)CCC2)c1F. The first-order chi connectivity index (χ1) is 8.73. The Bertz CT molecular complexity index is 602. The maximum Gasteiger partial charge on any atom is 0.243 e. The Hall–Kier alpha value is -0.890. The van der Waals surface area contributed by atoms with Crippen LogP contribution in [0.3, 0.4) is 0 Å². The van der Waals surface area contributed by atoms with Crippen LogP contribution in [0.25, 0.3) is 0 Å². The highest BCUT2D eigenvalue weighted by molar-refractivity contribution is 7.89. The number of rotatable bonds is 4. The van der Waals surface area contributed by atoms with E-state index >= 15 is 0 Å². The molecular weight excluding hydrogens is 295 g/mol. The van der Waals surface area contributed by atoms with Gasteiger partial charge in [-0.2, -0.15) is 0 Å². The van der Waals surface area contributed by atoms with Crippen LogP contribution in [-0.2, 0) is 10.0 Å². The van der Waals surface area contributed by atoms with Gasteiger partial charge in [-0.1, -0.05) is 11.6 Å². The van der Waals surface area contributed by atoms with E-state index in [-0.39, 0.29) is 17.3 Å². The van der Waals surface area contributed by atoms with Crippen molar-refractivity contribution in [1.82, 2.24) is 4.72 Å². The number of nitrogens with two attached hydrogens (primary N) is 1. The van der Waals surface area contributed by atoms with Crippen molar-refractivity contribution in [2.24, 2.45) is 0 Å². The molecule has 0 amide bonds. The van der Waals surface area contributed by atoms with Gasteiger partial charge in [-0.15, -0.1) is 0 Å². The van der Waals surface area contributed by atoms with Crippen LogP contribution in [0.2, 0.25) is 5.02 Å². The summed E-state index contributed by atoms with van der Waals surface area (Å²) in [6.07, 6.45) is 1.89. The molecule has 0 spiro atoms. The molecule has 1 aliphatic carbocycles. The molecule has 1 aliphatic rings. The number of nitrogens with one attached hydrogen (secondary N) is 1. The van der Waals surface area contributed by atoms with Crippen molar-refractivity contribution in [3.05, 3.63) is 23.0 Å². The summed E-state index contributed by atoms with van der Waals surface area (Å²) in [5.41, 5.74) is 3.96. The van der Waals surface area contributed by atoms with E-state index in [1.54, 1.807) is 0 Å². The van der Waals surface area contributed by atoms with Crippen LogP contribution in [-0.4, -0.2) is 25.7 Å². The Kier molecular flexibility index (Phi) is 3.74. The summed E-state index contributed by atoms with van der Waals surface area (Å²) in [6, 6.07) is 2.12. The zero-order chi connectivity index (χ0) is 14.3. The number of anilines is 1. The molecule has 0 bridgehead atoms. The van der Waals surface area contributed by atoms with Gasteiger partial charge < -0.3 is 10.8 Å². The third-order valence-electron chi connectivity index (χ3n) is 3.20. The van der Waals surface area contributed by atoms with E-state index in [2.05, 4.69) is 4.72 Å². The van der Waals surface area contributed by atoms with Crippen LogP contribution in [0.5, 0.6) is 0 Å². The average molecular weight is 309 g/mol. The molecule has 0 aromatic heterocycles. The molecule has 0 unspecified atom stereocenters. The maximum absolute atomic E-state index is 13.7. The summed E-state index contributed by atoms with van der Waals surface area (Å²) in [5.74, 6) is -1.04. The van der Waals surface area contributed by atoms with Gasteiger partial charge in [0.15, 0.2) is 5.82 Å². The highest BCUT2D eigenvalue weighted by Gasteiger charge is 2.36. The summed E-state index contributed by atoms with van der Waals surface area (Å²) in [7, 11) is -4.09. The standard InChI is InChI=1S/C11H14ClFN2O3S/c12-7-4-8(14)10(13)9(5-7)19(17,18)15-6-11(16)2-1-3-11/h4-5,15-16H,1-3,6,14H2. The Balaban J connectivity index is 2.24. The van der Waals surface area contributed by atoms with Gasteiger partial charge in [0.05, 0.1) is 11.3 Å². The van der Waals surface area contributed by atoms with E-state index in [0.717, 1.165) is 18.6 Å². The molecule has 2 rings (SSSR count). The highest BCUT2D eigenvalue weighted by Crippen LogP contribution is 2.31. The second kappa shape index (κ2) is 4.90. The zero-order valence-corrected chi connectivity index (χ0v) is 11.6. The molecule has 4 N–H and O–H groups in total. The van der Waals surface area contributed by atoms with Crippen molar-refractivity contribution in [2.45, 2.75) is 29.8 Å². The van der Waals surface area contributed by atoms with Crippen LogP contribution < -0.4 is 10.5 Å². The molecule has 1 fully saturated rings. The number of sulfonamides is 1. The molecule has 1 aromatic rings. The summed E-state index contributed by atoms with van der Waals surface area (Å²) < 4.78 is 39.8. The highest BCUT2D eigenvalue weighted by atomic mass is 35.5. The first kappa shape index (κ1) is 14.5. The van der Waals surface area contributed by atoms with E-state index in [1.807, 2.05) is 0 Å². The van der Waals surface area contributed by atoms with Crippen molar-refractivity contribution in [3.63, 3.8) is 0 Å². The van der Waals surface area contributed by atoms with Gasteiger partial charge in [0.25, 0.3) is 0 Å². The fourth-order valence-electron chi connectivity index (χ4n) is 1.85. The molecule has 106 valence electrons. The van der Waals surface area contributed by atoms with Crippen molar-refractivity contribution in [2.75, 3.05) is 12.3 Å². The lowest BCUT2D eigenvalue weighted by Gasteiger charge is -2.36. The van der Waals surface area contributed by atoms with E-state index < -0.39 is 26.3 Å². The number of hydrogen-bond acceptors (Lipinski definition) is 4. The number of aliphatic hydroxyl groups is 1. The van der Waals surface area contributed by atoms with Gasteiger partial charge in [-0.05, 0) is 31.4 Å². The Morgan fingerprint density at radius 1 is 1.47 bits per heavy atom. The smallest absolute Gasteiger partial charge is 0.243 e. The molecule has 19 heavy (non-hydrogen) atoms. The molecule has 0 atom stereocenters. The third-order valence-corrected chi connectivity index (χ3v) is 4.82. The fourth-order valence-corrected chi connectivity index (χ4v) is 3.39. The van der Waals surface area contributed by atoms with E-state index in [1.165, 1.54) is 0 Å². The molecule has 1 saturated carbocycles. The second-order valence-electron chi connectivity index (χ2n) is 4.71. The summed E-state index contributed by atoms with van der Waals surface area (Å²) in [4.78, 5) is -0.611. The van der Waals surface area contributed by atoms with Crippen LogP contribution in [0.1, 0.15) is 19.3 Å². The van der Waals surface area contributed by atoms with E-state index in [9.17, 15) is 17.9 Å². The first-order valence-electron chi connectivity index (χ1n) is 5.70. The lowest BCUT2D eigenvalue weighted by molar-refractivity contribution is -0.0271. The molecule has 0 radical (unpaired) electrons. The fraction of sp³-hybridized carbons (Fsp3) is 0.455. The Morgan fingerprint density at radius 3 is 2.63 bits per heavy atom. The number of benzene rings is 1. The Morgan fingerprint density at radius 2 is 2.11 bits per heavy atom. The molecule has 0 aliphatic heterocycles. The monoisotopic (exact) mass is 308 g/mol. The van der Waals surface area contributed by atoms with Crippen LogP contribution in [0.4, 0.5) is 10.1 Å². The minimum Gasteiger partial charge on any atom is -0.396 e. The van der Waals surface area contributed by atoms with Crippen molar-refractivity contribution in [3.8, 4) is 0 Å². The minimum atomic E-state index is -4.09. The second-order valence-corrected chi connectivity index (χ2v) is 6.88. The molecule has 1 aromatic carbocycles. The molecular formula is C11H14ClFN2O3S. The van der Waals surface area contributed by atoms with Gasteiger partial charge in [0, 0.05) is 11.6 Å². The molecule has 8 heteroatoms. The van der Waals surface area contributed by atoms with Gasteiger partial charge >= 0.3 is 0 Å². The maximum atomic E-state index is 13.7. The summed E-state index contributed by atoms with van der Waals surface area (Å²) in [5, 5.41) is 9.86. The number of hydrogen-bond donors (Lipinski definition) is 3. The largest absolute Gasteiger partial charge is 0.396 e. The van der Waals surface area contributed by atoms with Gasteiger partial charge in [-0.25, -0.2) is 17.5 Å². The predicted molar refractivity (Wildman–Crippen MR) is 69.8 cm³/mol. The summed E-state index contributed by atoms with van der Waals surface area (Å²) >= 11 is 5.67. The first-order valence-corrected chi connectivity index (χ1v) is 7.56. The topological polar surface area (TPSA) is 92.4 Å². The van der Waals surface area contributed by atoms with Crippen LogP contribution in [0.15, 0.2) is 17.0 Å². The lowest BCUT2D eigenvalue weighted by atomic mass is 9.81. The number of halogens is 2. The van der Waals surface area contributed by atoms with Crippen molar-refractivity contribution < 1.29 is 17.9 Å². The lowest BCUT2D eigenvalue weighted by Crippen LogP contribution is -2.47. The van der Waals surface area contributed by atoms with E-state index in [0.29, 0.717) is 12.8 Å². The predicted octanol–water partition coefficient (Wildman–Crippen LogP) is 1.25. The minimum absolute atomic E-state index is 0.0293. The average Bonchev–Trinajstić information content (AvgIpc) is 2.28. The zero-order valence-electron chi connectivity index (χ0n) is 9.99. The quantitative estimate of drug-likeness (QED) is 0.730. The van der Waals surface area contributed by atoms with Gasteiger partial charge in [0.1, 0.15) is 4.90 Å². The van der Waals surface area contributed by atoms with Gasteiger partial charge in [0.2, 0.25) is 10.0 Å². The summed E-state index contributed by atoms with van der Waals surface area (Å²) in [6.45, 7) is -0.152. The third kappa shape index (κ3) is 3.00. The molecule has 5 nitrogen and oxygen atoms in total. The normalized spacial score (nSPS) is 18.1. The number of nitrogen functional groups attached to an aromatic ring is 1. The molecule has 0 heterocycles.